The number of carbonyl (C=O) groups is 1. The number of hydrogen-bond donors (Lipinski definition) is 1. The summed E-state index contributed by atoms with van der Waals surface area (Å²) in [5.41, 5.74) is 8.82. The van der Waals surface area contributed by atoms with E-state index >= 15 is 0 Å². The standard InChI is InChI=1S/C18H24N4O2S/c1-3-13(4-2)24-16-9-15-17(10-14(16)21-19)25-18(20-15)22-8-6-5-7-12(22)11-23/h9-13,19H,3-8H2,1-2H3. The number of aromatic nitrogens is 1. The van der Waals surface area contributed by atoms with Gasteiger partial charge in [-0.1, -0.05) is 25.2 Å². The quantitative estimate of drug-likeness (QED) is 0.551. The van der Waals surface area contributed by atoms with Crippen LogP contribution in [0.15, 0.2) is 17.2 Å². The van der Waals surface area contributed by atoms with E-state index < -0.39 is 0 Å². The molecular weight excluding hydrogens is 336 g/mol. The van der Waals surface area contributed by atoms with Crippen LogP contribution >= 0.6 is 11.3 Å². The highest BCUT2D eigenvalue weighted by atomic mass is 32.1. The molecule has 1 aromatic carbocycles. The van der Waals surface area contributed by atoms with Gasteiger partial charge in [0.25, 0.3) is 0 Å². The van der Waals surface area contributed by atoms with Crippen molar-refractivity contribution in [3.63, 3.8) is 0 Å². The molecule has 6 nitrogen and oxygen atoms in total. The molecule has 134 valence electrons. The Bertz CT molecular complexity index is 757. The van der Waals surface area contributed by atoms with Gasteiger partial charge in [0.05, 0.1) is 22.4 Å². The number of aldehydes is 1. The third-order valence-corrected chi connectivity index (χ3v) is 5.79. The first kappa shape index (κ1) is 17.8. The van der Waals surface area contributed by atoms with Gasteiger partial charge in [0, 0.05) is 12.6 Å². The number of carbonyl (C=O) groups excluding carboxylic acids is 1. The van der Waals surface area contributed by atoms with Gasteiger partial charge in [0.1, 0.15) is 17.7 Å². The van der Waals surface area contributed by atoms with E-state index in [9.17, 15) is 4.79 Å². The van der Waals surface area contributed by atoms with Crippen LogP contribution in [0.25, 0.3) is 10.2 Å². The van der Waals surface area contributed by atoms with Crippen LogP contribution in [-0.4, -0.2) is 30.0 Å². The van der Waals surface area contributed by atoms with Gasteiger partial charge >= 0.3 is 0 Å². The summed E-state index contributed by atoms with van der Waals surface area (Å²) in [5, 5.41) is 4.49. The van der Waals surface area contributed by atoms with E-state index in [2.05, 4.69) is 23.9 Å². The maximum atomic E-state index is 11.4. The molecule has 0 saturated carbocycles. The molecule has 3 rings (SSSR count). The first-order chi connectivity index (χ1) is 12.2. The monoisotopic (exact) mass is 360 g/mol. The molecule has 1 atom stereocenters. The Balaban J connectivity index is 1.96. The number of fused-ring (bicyclic) bond motifs is 1. The number of hydrogen-bond acceptors (Lipinski definition) is 7. The highest BCUT2D eigenvalue weighted by molar-refractivity contribution is 7.22. The summed E-state index contributed by atoms with van der Waals surface area (Å²) in [6.45, 7) is 5.03. The highest BCUT2D eigenvalue weighted by Gasteiger charge is 2.25. The number of thiazole rings is 1. The van der Waals surface area contributed by atoms with Gasteiger partial charge in [-0.2, -0.15) is 5.11 Å². The lowest BCUT2D eigenvalue weighted by Crippen LogP contribution is -2.40. The van der Waals surface area contributed by atoms with E-state index in [1.54, 1.807) is 11.3 Å². The Morgan fingerprint density at radius 3 is 2.92 bits per heavy atom. The predicted octanol–water partition coefficient (Wildman–Crippen LogP) is 5.08. The van der Waals surface area contributed by atoms with Crippen molar-refractivity contribution in [1.29, 1.82) is 5.53 Å². The van der Waals surface area contributed by atoms with E-state index in [4.69, 9.17) is 15.3 Å². The molecule has 0 amide bonds. The average Bonchev–Trinajstić information content (AvgIpc) is 3.07. The fourth-order valence-corrected chi connectivity index (χ4v) is 4.27. The van der Waals surface area contributed by atoms with Crippen LogP contribution in [0, 0.1) is 5.53 Å². The second-order valence-electron chi connectivity index (χ2n) is 6.34. The summed E-state index contributed by atoms with van der Waals surface area (Å²) in [7, 11) is 0. The summed E-state index contributed by atoms with van der Waals surface area (Å²) in [6, 6.07) is 3.65. The lowest BCUT2D eigenvalue weighted by atomic mass is 10.0. The first-order valence-corrected chi connectivity index (χ1v) is 9.72. The lowest BCUT2D eigenvalue weighted by Gasteiger charge is -2.31. The van der Waals surface area contributed by atoms with Gasteiger partial charge in [-0.25, -0.2) is 10.5 Å². The zero-order valence-electron chi connectivity index (χ0n) is 14.7. The average molecular weight is 360 g/mol. The molecule has 0 bridgehead atoms. The van der Waals surface area contributed by atoms with Crippen LogP contribution in [-0.2, 0) is 4.79 Å². The van der Waals surface area contributed by atoms with Crippen LogP contribution < -0.4 is 9.64 Å². The Morgan fingerprint density at radius 2 is 2.24 bits per heavy atom. The summed E-state index contributed by atoms with van der Waals surface area (Å²) in [5.74, 6) is 0.610. The van der Waals surface area contributed by atoms with Gasteiger partial charge in [-0.3, -0.25) is 0 Å². The normalized spacial score (nSPS) is 17.9. The molecule has 2 aromatic rings. The minimum Gasteiger partial charge on any atom is -0.488 e. The van der Waals surface area contributed by atoms with E-state index in [0.717, 1.165) is 60.3 Å². The number of nitrogens with one attached hydrogen (secondary N) is 1. The number of anilines is 1. The highest BCUT2D eigenvalue weighted by Crippen LogP contribution is 2.39. The molecule has 1 fully saturated rings. The molecule has 1 unspecified atom stereocenters. The fourth-order valence-electron chi connectivity index (χ4n) is 3.21. The molecule has 0 spiro atoms. The zero-order chi connectivity index (χ0) is 17.8. The number of rotatable bonds is 7. The lowest BCUT2D eigenvalue weighted by molar-refractivity contribution is -0.109. The van der Waals surface area contributed by atoms with Gasteiger partial charge in [-0.15, -0.1) is 0 Å². The van der Waals surface area contributed by atoms with Crippen molar-refractivity contribution in [2.75, 3.05) is 11.4 Å². The summed E-state index contributed by atoms with van der Waals surface area (Å²) in [6.07, 6.45) is 5.99. The first-order valence-electron chi connectivity index (χ1n) is 8.90. The molecule has 0 radical (unpaired) electrons. The van der Waals surface area contributed by atoms with Gasteiger partial charge < -0.3 is 14.4 Å². The van der Waals surface area contributed by atoms with Gasteiger partial charge in [-0.05, 0) is 38.2 Å². The number of ether oxygens (including phenoxy) is 1. The van der Waals surface area contributed by atoms with Crippen molar-refractivity contribution in [3.8, 4) is 5.75 Å². The second-order valence-corrected chi connectivity index (χ2v) is 7.35. The second kappa shape index (κ2) is 7.91. The van der Waals surface area contributed by atoms with E-state index in [1.165, 1.54) is 0 Å². The molecule has 1 N–H and O–H groups in total. The third-order valence-electron chi connectivity index (χ3n) is 4.73. The molecule has 1 aliphatic rings. The maximum Gasteiger partial charge on any atom is 0.187 e. The molecule has 0 aliphatic carbocycles. The molecule has 1 aromatic heterocycles. The van der Waals surface area contributed by atoms with E-state index in [0.29, 0.717) is 11.4 Å². The molecule has 1 aliphatic heterocycles. The predicted molar refractivity (Wildman–Crippen MR) is 100 cm³/mol. The van der Waals surface area contributed by atoms with Crippen LogP contribution in [0.5, 0.6) is 5.75 Å². The Hall–Kier alpha value is -2.02. The van der Waals surface area contributed by atoms with Crippen molar-refractivity contribution in [1.82, 2.24) is 4.98 Å². The number of piperidine rings is 1. The third kappa shape index (κ3) is 3.66. The summed E-state index contributed by atoms with van der Waals surface area (Å²) >= 11 is 1.55. The van der Waals surface area contributed by atoms with Crippen LogP contribution in [0.4, 0.5) is 10.8 Å². The van der Waals surface area contributed by atoms with Crippen molar-refractivity contribution < 1.29 is 9.53 Å². The van der Waals surface area contributed by atoms with Crippen molar-refractivity contribution in [2.45, 2.75) is 58.1 Å². The van der Waals surface area contributed by atoms with Gasteiger partial charge in [0.2, 0.25) is 0 Å². The smallest absolute Gasteiger partial charge is 0.187 e. The zero-order valence-corrected chi connectivity index (χ0v) is 15.5. The minimum absolute atomic E-state index is 0.0880. The van der Waals surface area contributed by atoms with Crippen LogP contribution in [0.2, 0.25) is 0 Å². The van der Waals surface area contributed by atoms with Crippen LogP contribution in [0.3, 0.4) is 0 Å². The fraction of sp³-hybridized carbons (Fsp3) is 0.556. The summed E-state index contributed by atoms with van der Waals surface area (Å²) in [4.78, 5) is 18.2. The minimum atomic E-state index is -0.0880. The molecule has 1 saturated heterocycles. The van der Waals surface area contributed by atoms with E-state index in [1.807, 2.05) is 12.1 Å². The Labute approximate surface area is 151 Å². The Morgan fingerprint density at radius 1 is 1.44 bits per heavy atom. The number of benzene rings is 1. The topological polar surface area (TPSA) is 78.6 Å². The van der Waals surface area contributed by atoms with Crippen molar-refractivity contribution in [2.24, 2.45) is 5.11 Å². The Kier molecular flexibility index (Phi) is 5.63. The molecular formula is C18H24N4O2S. The van der Waals surface area contributed by atoms with Gasteiger partial charge in [0.15, 0.2) is 5.13 Å². The largest absolute Gasteiger partial charge is 0.488 e. The summed E-state index contributed by atoms with van der Waals surface area (Å²) < 4.78 is 6.99. The van der Waals surface area contributed by atoms with E-state index in [-0.39, 0.29) is 12.1 Å². The molecule has 25 heavy (non-hydrogen) atoms. The number of nitrogens with zero attached hydrogens (tertiary/aromatic N) is 3. The molecule has 7 heteroatoms. The van der Waals surface area contributed by atoms with Crippen LogP contribution in [0.1, 0.15) is 46.0 Å². The van der Waals surface area contributed by atoms with Crippen molar-refractivity contribution in [3.05, 3.63) is 12.1 Å². The molecule has 2 heterocycles. The SMILES string of the molecule is CCC(CC)Oc1cc2nc(N3CCCCC3C=O)sc2cc1N=N. The maximum absolute atomic E-state index is 11.4. The van der Waals surface area contributed by atoms with Crippen molar-refractivity contribution >= 4 is 38.7 Å².